The second kappa shape index (κ2) is 6.64. The molecule has 0 saturated carbocycles. The first-order valence-corrected chi connectivity index (χ1v) is 9.57. The first-order valence-electron chi connectivity index (χ1n) is 9.57. The monoisotopic (exact) mass is 368 g/mol. The van der Waals surface area contributed by atoms with Gasteiger partial charge in [-0.3, -0.25) is 4.90 Å². The zero-order valence-electron chi connectivity index (χ0n) is 16.8. The van der Waals surface area contributed by atoms with Crippen molar-refractivity contribution in [2.24, 2.45) is 0 Å². The zero-order valence-corrected chi connectivity index (χ0v) is 16.8. The molecule has 0 atom stereocenters. The van der Waals surface area contributed by atoms with Gasteiger partial charge in [-0.15, -0.1) is 5.10 Å². The number of methoxy groups -OCH3 is 1. The molecule has 0 amide bonds. The Morgan fingerprint density at radius 2 is 1.93 bits per heavy atom. The highest BCUT2D eigenvalue weighted by atomic mass is 16.5. The van der Waals surface area contributed by atoms with Crippen molar-refractivity contribution >= 4 is 5.52 Å². The standard InChI is InChI=1S/C20H28N6O/c1-14-19(15-12-18(27-5)17-6-9-21-25(17)13-15)22-23-26(14)16-7-10-24(11-8-16)20(2,3)4/h6,9,12-13,16H,7-8,10-11H2,1-5H3. The topological polar surface area (TPSA) is 60.5 Å². The van der Waals surface area contributed by atoms with Gasteiger partial charge in [-0.2, -0.15) is 5.10 Å². The summed E-state index contributed by atoms with van der Waals surface area (Å²) in [6.07, 6.45) is 5.96. The molecule has 1 aliphatic rings. The van der Waals surface area contributed by atoms with E-state index in [0.29, 0.717) is 6.04 Å². The average molecular weight is 368 g/mol. The van der Waals surface area contributed by atoms with Gasteiger partial charge in [0.2, 0.25) is 0 Å². The summed E-state index contributed by atoms with van der Waals surface area (Å²) in [5.74, 6) is 0.789. The molecule has 1 aliphatic heterocycles. The number of ether oxygens (including phenoxy) is 1. The smallest absolute Gasteiger partial charge is 0.145 e. The van der Waals surface area contributed by atoms with Gasteiger partial charge in [0, 0.05) is 30.4 Å². The van der Waals surface area contributed by atoms with Crippen LogP contribution in [0.15, 0.2) is 24.5 Å². The highest BCUT2D eigenvalue weighted by molar-refractivity contribution is 5.69. The summed E-state index contributed by atoms with van der Waals surface area (Å²) in [6, 6.07) is 4.36. The Morgan fingerprint density at radius 1 is 1.19 bits per heavy atom. The van der Waals surface area contributed by atoms with Crippen molar-refractivity contribution in [3.05, 3.63) is 30.2 Å². The van der Waals surface area contributed by atoms with Crippen molar-refractivity contribution in [3.63, 3.8) is 0 Å². The molecule has 1 saturated heterocycles. The largest absolute Gasteiger partial charge is 0.494 e. The molecule has 1 fully saturated rings. The van der Waals surface area contributed by atoms with Crippen LogP contribution in [0.3, 0.4) is 0 Å². The van der Waals surface area contributed by atoms with Crippen LogP contribution in [0.1, 0.15) is 45.3 Å². The molecule has 4 heterocycles. The summed E-state index contributed by atoms with van der Waals surface area (Å²) in [5.41, 5.74) is 4.13. The Kier molecular flexibility index (Phi) is 4.42. The third kappa shape index (κ3) is 3.20. The van der Waals surface area contributed by atoms with E-state index in [-0.39, 0.29) is 5.54 Å². The van der Waals surface area contributed by atoms with Gasteiger partial charge in [-0.25, -0.2) is 9.20 Å². The van der Waals surface area contributed by atoms with Gasteiger partial charge in [0.05, 0.1) is 25.0 Å². The maximum absolute atomic E-state index is 5.53. The fourth-order valence-electron chi connectivity index (χ4n) is 4.03. The normalized spacial score (nSPS) is 16.9. The van der Waals surface area contributed by atoms with Gasteiger partial charge in [0.25, 0.3) is 0 Å². The van der Waals surface area contributed by atoms with Gasteiger partial charge in [0.1, 0.15) is 17.0 Å². The summed E-state index contributed by atoms with van der Waals surface area (Å²) in [7, 11) is 1.68. The fraction of sp³-hybridized carbons (Fsp3) is 0.550. The number of aromatic nitrogens is 5. The summed E-state index contributed by atoms with van der Waals surface area (Å²) < 4.78 is 9.47. The molecular weight excluding hydrogens is 340 g/mol. The quantitative estimate of drug-likeness (QED) is 0.709. The SMILES string of the molecule is COc1cc(-c2nnn(C3CCN(C(C)(C)C)CC3)c2C)cn2nccc12. The molecule has 0 radical (unpaired) electrons. The maximum Gasteiger partial charge on any atom is 0.145 e. The molecule has 3 aromatic heterocycles. The highest BCUT2D eigenvalue weighted by Crippen LogP contribution is 2.32. The molecule has 27 heavy (non-hydrogen) atoms. The molecule has 0 unspecified atom stereocenters. The van der Waals surface area contributed by atoms with E-state index >= 15 is 0 Å². The van der Waals surface area contributed by atoms with E-state index in [9.17, 15) is 0 Å². The predicted octanol–water partition coefficient (Wildman–Crippen LogP) is 3.35. The summed E-state index contributed by atoms with van der Waals surface area (Å²) in [4.78, 5) is 2.55. The minimum atomic E-state index is 0.225. The van der Waals surface area contributed by atoms with Crippen LogP contribution in [-0.2, 0) is 0 Å². The number of hydrogen-bond acceptors (Lipinski definition) is 5. The van der Waals surface area contributed by atoms with E-state index in [2.05, 4.69) is 52.7 Å². The van der Waals surface area contributed by atoms with E-state index in [0.717, 1.165) is 54.1 Å². The molecule has 4 rings (SSSR count). The lowest BCUT2D eigenvalue weighted by Gasteiger charge is -2.40. The van der Waals surface area contributed by atoms with Gasteiger partial charge < -0.3 is 4.74 Å². The van der Waals surface area contributed by atoms with Crippen LogP contribution in [0, 0.1) is 6.92 Å². The molecule has 0 aromatic carbocycles. The third-order valence-corrected chi connectivity index (χ3v) is 5.65. The molecule has 7 nitrogen and oxygen atoms in total. The van der Waals surface area contributed by atoms with E-state index < -0.39 is 0 Å². The number of pyridine rings is 1. The highest BCUT2D eigenvalue weighted by Gasteiger charge is 2.29. The molecule has 144 valence electrons. The fourth-order valence-corrected chi connectivity index (χ4v) is 4.03. The predicted molar refractivity (Wildman–Crippen MR) is 105 cm³/mol. The van der Waals surface area contributed by atoms with Crippen LogP contribution in [0.2, 0.25) is 0 Å². The van der Waals surface area contributed by atoms with Crippen LogP contribution in [0.4, 0.5) is 0 Å². The van der Waals surface area contributed by atoms with Crippen molar-refractivity contribution < 1.29 is 4.74 Å². The van der Waals surface area contributed by atoms with Gasteiger partial charge in [-0.05, 0) is 52.7 Å². The van der Waals surface area contributed by atoms with Gasteiger partial charge in [0.15, 0.2) is 0 Å². The van der Waals surface area contributed by atoms with Crippen molar-refractivity contribution in [2.45, 2.75) is 52.1 Å². The van der Waals surface area contributed by atoms with Crippen LogP contribution in [-0.4, -0.2) is 55.2 Å². The number of likely N-dealkylation sites (tertiary alicyclic amines) is 1. The second-order valence-corrected chi connectivity index (χ2v) is 8.32. The van der Waals surface area contributed by atoms with Crippen LogP contribution in [0.5, 0.6) is 5.75 Å². The Balaban J connectivity index is 1.62. The van der Waals surface area contributed by atoms with Gasteiger partial charge in [-0.1, -0.05) is 5.21 Å². The van der Waals surface area contributed by atoms with E-state index in [1.807, 2.05) is 22.8 Å². The first-order chi connectivity index (χ1) is 12.9. The van der Waals surface area contributed by atoms with Crippen molar-refractivity contribution in [2.75, 3.05) is 20.2 Å². The lowest BCUT2D eigenvalue weighted by molar-refractivity contribution is 0.0861. The Morgan fingerprint density at radius 3 is 2.59 bits per heavy atom. The summed E-state index contributed by atoms with van der Waals surface area (Å²) in [5, 5.41) is 13.3. The lowest BCUT2D eigenvalue weighted by Crippen LogP contribution is -2.46. The number of hydrogen-bond donors (Lipinski definition) is 0. The van der Waals surface area contributed by atoms with Crippen LogP contribution < -0.4 is 4.74 Å². The van der Waals surface area contributed by atoms with Crippen molar-refractivity contribution in [1.82, 2.24) is 29.5 Å². The Hall–Kier alpha value is -2.41. The molecular formula is C20H28N6O. The lowest BCUT2D eigenvalue weighted by atomic mass is 9.98. The molecule has 0 spiro atoms. The minimum Gasteiger partial charge on any atom is -0.494 e. The second-order valence-electron chi connectivity index (χ2n) is 8.32. The van der Waals surface area contributed by atoms with Gasteiger partial charge >= 0.3 is 0 Å². The zero-order chi connectivity index (χ0) is 19.2. The van der Waals surface area contributed by atoms with Crippen LogP contribution in [0.25, 0.3) is 16.8 Å². The Labute approximate surface area is 159 Å². The number of piperidine rings is 1. The molecule has 3 aromatic rings. The number of rotatable bonds is 3. The van der Waals surface area contributed by atoms with Crippen molar-refractivity contribution in [3.8, 4) is 17.0 Å². The maximum atomic E-state index is 5.53. The molecule has 7 heteroatoms. The van der Waals surface area contributed by atoms with E-state index in [1.165, 1.54) is 0 Å². The van der Waals surface area contributed by atoms with Crippen LogP contribution >= 0.6 is 0 Å². The van der Waals surface area contributed by atoms with Crippen molar-refractivity contribution in [1.29, 1.82) is 0 Å². The summed E-state index contributed by atoms with van der Waals surface area (Å²) in [6.45, 7) is 11.1. The van der Waals surface area contributed by atoms with E-state index in [1.54, 1.807) is 13.3 Å². The molecule has 0 N–H and O–H groups in total. The third-order valence-electron chi connectivity index (χ3n) is 5.65. The molecule has 0 aliphatic carbocycles. The molecule has 0 bridgehead atoms. The van der Waals surface area contributed by atoms with E-state index in [4.69, 9.17) is 4.74 Å². The number of fused-ring (bicyclic) bond motifs is 1. The number of nitrogens with zero attached hydrogens (tertiary/aromatic N) is 6. The average Bonchev–Trinajstić information content (AvgIpc) is 3.26. The Bertz CT molecular complexity index is 943. The summed E-state index contributed by atoms with van der Waals surface area (Å²) >= 11 is 0. The first kappa shape index (κ1) is 18.0. The minimum absolute atomic E-state index is 0.225.